The van der Waals surface area contributed by atoms with E-state index in [4.69, 9.17) is 23.4 Å². The van der Waals surface area contributed by atoms with Gasteiger partial charge in [0.05, 0.1) is 0 Å². The van der Waals surface area contributed by atoms with E-state index in [2.05, 4.69) is 25.1 Å². The van der Waals surface area contributed by atoms with Crippen molar-refractivity contribution in [1.29, 1.82) is 0 Å². The van der Waals surface area contributed by atoms with Gasteiger partial charge in [-0.3, -0.25) is 0 Å². The van der Waals surface area contributed by atoms with E-state index in [1.807, 2.05) is 13.8 Å². The number of cyclic esters (lactones) is 1. The van der Waals surface area contributed by atoms with Crippen molar-refractivity contribution in [3.05, 3.63) is 34.2 Å². The molecule has 0 atom stereocenters. The molecule has 0 aliphatic carbocycles. The van der Waals surface area contributed by atoms with Crippen LogP contribution in [0.25, 0.3) is 10.1 Å². The Kier molecular flexibility index (Phi) is 4.49. The lowest BCUT2D eigenvalue weighted by Crippen LogP contribution is -2.68. The molecule has 2 heterocycles. The second kappa shape index (κ2) is 5.77. The SMILES string of the molecule is Cc1ccc2sc3c(c2c1)CC(C)(C)OC3=[OH+].[O-][Cl+3]([O-])([O-])[O-]. The minimum absolute atomic E-state index is 0.0788. The normalized spacial score (nSPS) is 16.6. The van der Waals surface area contributed by atoms with Gasteiger partial charge in [0.15, 0.2) is 4.88 Å². The predicted octanol–water partition coefficient (Wildman–Crippen LogP) is -1.34. The standard InChI is InChI=1S/C14H14O2S.ClHO4/c1-8-4-5-11-9(6-8)10-7-14(2,3)16-13(15)12(10)17-11;2-1(3,4)5/h4-6H,7H2,1-3H3;(H,2,3,4,5). The van der Waals surface area contributed by atoms with E-state index < -0.39 is 10.2 Å². The predicted molar refractivity (Wildman–Crippen MR) is 71.5 cm³/mol. The molecule has 0 unspecified atom stereocenters. The van der Waals surface area contributed by atoms with Gasteiger partial charge in [-0.1, -0.05) is 17.7 Å². The maximum atomic E-state index is 9.97. The van der Waals surface area contributed by atoms with Crippen molar-refractivity contribution < 1.29 is 38.4 Å². The van der Waals surface area contributed by atoms with Crippen LogP contribution in [0.5, 0.6) is 0 Å². The Morgan fingerprint density at radius 1 is 1.23 bits per heavy atom. The van der Waals surface area contributed by atoms with Crippen LogP contribution >= 0.6 is 11.3 Å². The second-order valence-electron chi connectivity index (χ2n) is 5.63. The van der Waals surface area contributed by atoms with Gasteiger partial charge in [0.25, 0.3) is 0 Å². The number of carbonyl (C=O) groups excluding carboxylic acids is 1. The number of fused-ring (bicyclic) bond motifs is 3. The average molecular weight is 347 g/mol. The van der Waals surface area contributed by atoms with Gasteiger partial charge >= 0.3 is 5.97 Å². The summed E-state index contributed by atoms with van der Waals surface area (Å²) in [7, 11) is -4.94. The van der Waals surface area contributed by atoms with Crippen molar-refractivity contribution in [2.24, 2.45) is 0 Å². The summed E-state index contributed by atoms with van der Waals surface area (Å²) in [5, 5.41) is 1.26. The van der Waals surface area contributed by atoms with Crippen LogP contribution < -0.4 is 18.6 Å². The summed E-state index contributed by atoms with van der Waals surface area (Å²) in [6.07, 6.45) is 0.843. The molecule has 0 radical (unpaired) electrons. The molecule has 120 valence electrons. The quantitative estimate of drug-likeness (QED) is 0.431. The van der Waals surface area contributed by atoms with Crippen LogP contribution in [0.3, 0.4) is 0 Å². The highest BCUT2D eigenvalue weighted by molar-refractivity contribution is 7.21. The molecule has 0 saturated heterocycles. The number of benzene rings is 1. The molecule has 2 aromatic rings. The first-order valence-corrected chi connectivity index (χ1v) is 8.40. The van der Waals surface area contributed by atoms with E-state index in [0.717, 1.165) is 11.3 Å². The van der Waals surface area contributed by atoms with Gasteiger partial charge in [-0.25, -0.2) is 18.6 Å². The van der Waals surface area contributed by atoms with Gasteiger partial charge in [0.2, 0.25) is 5.60 Å². The fourth-order valence-corrected chi connectivity index (χ4v) is 3.46. The summed E-state index contributed by atoms with van der Waals surface area (Å²) >= 11 is 1.61. The van der Waals surface area contributed by atoms with Gasteiger partial charge in [-0.05, 0) is 23.9 Å². The van der Waals surface area contributed by atoms with E-state index in [1.54, 1.807) is 11.3 Å². The fraction of sp³-hybridized carbons (Fsp3) is 0.357. The third-order valence-corrected chi connectivity index (χ3v) is 4.32. The number of esters is 1. The van der Waals surface area contributed by atoms with Crippen LogP contribution in [0.15, 0.2) is 18.2 Å². The van der Waals surface area contributed by atoms with Gasteiger partial charge in [-0.2, -0.15) is 0 Å². The molecule has 0 fully saturated rings. The van der Waals surface area contributed by atoms with E-state index in [0.29, 0.717) is 0 Å². The molecule has 1 N–H and O–H groups in total. The molecule has 0 saturated carbocycles. The van der Waals surface area contributed by atoms with Crippen LogP contribution in [0.4, 0.5) is 0 Å². The topological polar surface area (TPSA) is 123 Å². The molecule has 1 aliphatic rings. The average Bonchev–Trinajstić information content (AvgIpc) is 2.64. The Labute approximate surface area is 133 Å². The number of hydrogen-bond acceptors (Lipinski definition) is 6. The van der Waals surface area contributed by atoms with Gasteiger partial charge in [0, 0.05) is 25.0 Å². The Bertz CT molecular complexity index is 710. The second-order valence-corrected chi connectivity index (χ2v) is 7.44. The molecule has 1 aromatic heterocycles. The van der Waals surface area contributed by atoms with Crippen molar-refractivity contribution in [2.45, 2.75) is 32.8 Å². The summed E-state index contributed by atoms with van der Waals surface area (Å²) < 4.78 is 40.7. The number of thiophene rings is 1. The molecule has 8 heteroatoms. The summed E-state index contributed by atoms with van der Waals surface area (Å²) in [6, 6.07) is 6.42. The smallest absolute Gasteiger partial charge is 0.334 e. The molecule has 1 aliphatic heterocycles. The van der Waals surface area contributed by atoms with Crippen LogP contribution in [-0.2, 0) is 11.2 Å². The monoisotopic (exact) mass is 346 g/mol. The minimum atomic E-state index is -4.94. The third kappa shape index (κ3) is 4.16. The molecule has 0 bridgehead atoms. The molecular weight excluding hydrogens is 332 g/mol. The Balaban J connectivity index is 0.000000309. The number of halogens is 1. The summed E-state index contributed by atoms with van der Waals surface area (Å²) in [5.74, 6) is 0.0788. The molecule has 22 heavy (non-hydrogen) atoms. The van der Waals surface area contributed by atoms with Crippen LogP contribution in [0.2, 0.25) is 0 Å². The summed E-state index contributed by atoms with van der Waals surface area (Å²) in [5.41, 5.74) is 2.15. The first-order valence-electron chi connectivity index (χ1n) is 6.35. The molecule has 6 nitrogen and oxygen atoms in total. The maximum Gasteiger partial charge on any atom is 0.528 e. The fourth-order valence-electron chi connectivity index (χ4n) is 2.38. The van der Waals surface area contributed by atoms with E-state index >= 15 is 0 Å². The van der Waals surface area contributed by atoms with Gasteiger partial charge in [0.1, 0.15) is 0 Å². The lowest BCUT2D eigenvalue weighted by atomic mass is 9.93. The minimum Gasteiger partial charge on any atom is -0.334 e. The van der Waals surface area contributed by atoms with Crippen LogP contribution in [0, 0.1) is 17.2 Å². The highest BCUT2D eigenvalue weighted by atomic mass is 35.7. The van der Waals surface area contributed by atoms with Crippen molar-refractivity contribution in [3.8, 4) is 0 Å². The molecule has 0 amide bonds. The Morgan fingerprint density at radius 3 is 2.41 bits per heavy atom. The van der Waals surface area contributed by atoms with Crippen LogP contribution in [-0.4, -0.2) is 16.4 Å². The third-order valence-electron chi connectivity index (χ3n) is 3.12. The van der Waals surface area contributed by atoms with Crippen LogP contribution in [0.1, 0.15) is 29.9 Å². The lowest BCUT2D eigenvalue weighted by molar-refractivity contribution is -2.00. The lowest BCUT2D eigenvalue weighted by Gasteiger charge is -2.21. The highest BCUT2D eigenvalue weighted by Crippen LogP contribution is 2.38. The van der Waals surface area contributed by atoms with Crippen molar-refractivity contribution >= 4 is 27.4 Å². The number of hydrogen-bond donors (Lipinski definition) is 0. The zero-order valence-electron chi connectivity index (χ0n) is 12.2. The zero-order valence-corrected chi connectivity index (χ0v) is 13.8. The first kappa shape index (κ1) is 17.1. The number of rotatable bonds is 0. The summed E-state index contributed by atoms with van der Waals surface area (Å²) in [4.78, 5) is 10.9. The highest BCUT2D eigenvalue weighted by Gasteiger charge is 2.42. The number of aryl methyl sites for hydroxylation is 1. The zero-order chi connectivity index (χ0) is 16.7. The van der Waals surface area contributed by atoms with E-state index in [1.165, 1.54) is 21.2 Å². The van der Waals surface area contributed by atoms with Crippen molar-refractivity contribution in [1.82, 2.24) is 0 Å². The van der Waals surface area contributed by atoms with E-state index in [9.17, 15) is 4.79 Å². The van der Waals surface area contributed by atoms with Gasteiger partial charge < -0.3 is 9.53 Å². The maximum absolute atomic E-state index is 9.97. The first-order chi connectivity index (χ1) is 9.96. The molecule has 1 aromatic carbocycles. The molecular formula is C14H15ClO6S. The summed E-state index contributed by atoms with van der Waals surface area (Å²) in [6.45, 7) is 6.11. The number of ether oxygens (including phenoxy) is 1. The van der Waals surface area contributed by atoms with Crippen molar-refractivity contribution in [2.75, 3.05) is 0 Å². The Morgan fingerprint density at radius 2 is 1.82 bits per heavy atom. The molecule has 3 rings (SSSR count). The van der Waals surface area contributed by atoms with Gasteiger partial charge in [-0.15, -0.1) is 21.6 Å². The Hall–Kier alpha value is -1.22. The largest absolute Gasteiger partial charge is 0.528 e. The molecule has 0 spiro atoms. The van der Waals surface area contributed by atoms with E-state index in [-0.39, 0.29) is 11.6 Å². The van der Waals surface area contributed by atoms with Crippen molar-refractivity contribution in [3.63, 3.8) is 0 Å².